The Morgan fingerprint density at radius 3 is 1.71 bits per heavy atom. The Balaban J connectivity index is 2.55. The largest absolute Gasteiger partial charge is 0.479 e. The summed E-state index contributed by atoms with van der Waals surface area (Å²) < 4.78 is 0. The molecule has 5 nitrogen and oxygen atoms in total. The lowest BCUT2D eigenvalue weighted by molar-refractivity contribution is -0.136. The zero-order valence-electron chi connectivity index (χ0n) is 11.3. The normalized spacial score (nSPS) is 11.9. The minimum Gasteiger partial charge on any atom is -0.479 e. The van der Waals surface area contributed by atoms with Gasteiger partial charge in [-0.25, -0.2) is 9.79 Å². The third-order valence-electron chi connectivity index (χ3n) is 2.81. The zero-order valence-corrected chi connectivity index (χ0v) is 12.1. The van der Waals surface area contributed by atoms with Gasteiger partial charge in [0.25, 0.3) is 0 Å². The van der Waals surface area contributed by atoms with E-state index in [4.69, 9.17) is 11.5 Å². The van der Waals surface area contributed by atoms with Gasteiger partial charge in [0.05, 0.1) is 0 Å². The number of hydrogen-bond donors (Lipinski definition) is 3. The average molecular weight is 301 g/mol. The van der Waals surface area contributed by atoms with Gasteiger partial charge in [-0.1, -0.05) is 60.7 Å². The van der Waals surface area contributed by atoms with Crippen LogP contribution in [0.1, 0.15) is 0 Å². The van der Waals surface area contributed by atoms with E-state index in [1.165, 1.54) is 0 Å². The molecule has 6 heteroatoms. The first-order chi connectivity index (χ1) is 10.1. The molecule has 2 aromatic rings. The molecule has 0 bridgehead atoms. The summed E-state index contributed by atoms with van der Waals surface area (Å²) in [6.45, 7) is 0. The van der Waals surface area contributed by atoms with E-state index in [0.717, 1.165) is 10.6 Å². The highest BCUT2D eigenvalue weighted by atomic mass is 31.1. The van der Waals surface area contributed by atoms with Crippen molar-refractivity contribution < 1.29 is 9.90 Å². The number of carboxylic acids is 1. The van der Waals surface area contributed by atoms with E-state index in [-0.39, 0.29) is 5.96 Å². The van der Waals surface area contributed by atoms with E-state index in [0.29, 0.717) is 0 Å². The topological polar surface area (TPSA) is 102 Å². The summed E-state index contributed by atoms with van der Waals surface area (Å²) in [6, 6.07) is 18.9. The van der Waals surface area contributed by atoms with Gasteiger partial charge < -0.3 is 16.6 Å². The lowest BCUT2D eigenvalue weighted by atomic mass is 10.4. The molecule has 0 amide bonds. The van der Waals surface area contributed by atoms with Crippen molar-refractivity contribution in [2.45, 2.75) is 5.78 Å². The second kappa shape index (κ2) is 6.86. The maximum absolute atomic E-state index is 11.6. The Morgan fingerprint density at radius 2 is 1.38 bits per heavy atom. The predicted octanol–water partition coefficient (Wildman–Crippen LogP) is 0.803. The summed E-state index contributed by atoms with van der Waals surface area (Å²) in [4.78, 5) is 15.6. The van der Waals surface area contributed by atoms with Crippen molar-refractivity contribution in [2.75, 3.05) is 0 Å². The summed E-state index contributed by atoms with van der Waals surface area (Å²) in [5.41, 5.74) is 10.8. The second-order valence-electron chi connectivity index (χ2n) is 4.31. The van der Waals surface area contributed by atoms with Gasteiger partial charge in [-0.15, -0.1) is 0 Å². The van der Waals surface area contributed by atoms with E-state index in [1.54, 1.807) is 0 Å². The molecule has 0 aromatic heterocycles. The minimum atomic E-state index is -1.23. The van der Waals surface area contributed by atoms with Crippen LogP contribution in [0.3, 0.4) is 0 Å². The van der Waals surface area contributed by atoms with Crippen molar-refractivity contribution in [1.29, 1.82) is 0 Å². The molecule has 0 heterocycles. The summed E-state index contributed by atoms with van der Waals surface area (Å²) in [5.74, 6) is -2.27. The summed E-state index contributed by atoms with van der Waals surface area (Å²) in [6.07, 6.45) is 0. The van der Waals surface area contributed by atoms with Gasteiger partial charge in [-0.3, -0.25) is 0 Å². The number of nitrogens with zero attached hydrogens (tertiary/aromatic N) is 1. The molecule has 0 spiro atoms. The molecular weight excluding hydrogens is 285 g/mol. The number of aliphatic imine (C=N–C) groups is 1. The second-order valence-corrected chi connectivity index (χ2v) is 6.57. The third kappa shape index (κ3) is 3.80. The number of guanidine groups is 1. The summed E-state index contributed by atoms with van der Waals surface area (Å²) in [5, 5.41) is 11.3. The molecule has 1 unspecified atom stereocenters. The van der Waals surface area contributed by atoms with Gasteiger partial charge in [0, 0.05) is 0 Å². The first-order valence-corrected chi connectivity index (χ1v) is 7.71. The monoisotopic (exact) mass is 301 g/mol. The SMILES string of the molecule is NC(N)=NC(C(=O)O)P(c1ccccc1)c1ccccc1. The van der Waals surface area contributed by atoms with E-state index in [1.807, 2.05) is 60.7 Å². The van der Waals surface area contributed by atoms with Crippen LogP contribution in [0.25, 0.3) is 0 Å². The highest BCUT2D eigenvalue weighted by molar-refractivity contribution is 7.74. The molecular formula is C15H16N3O2P. The van der Waals surface area contributed by atoms with Gasteiger partial charge in [0.2, 0.25) is 0 Å². The van der Waals surface area contributed by atoms with Crippen molar-refractivity contribution in [3.63, 3.8) is 0 Å². The van der Waals surface area contributed by atoms with Crippen LogP contribution in [0.15, 0.2) is 65.7 Å². The van der Waals surface area contributed by atoms with Gasteiger partial charge in [-0.2, -0.15) is 0 Å². The van der Waals surface area contributed by atoms with Crippen molar-refractivity contribution >= 4 is 30.5 Å². The Bertz CT molecular complexity index is 588. The Hall–Kier alpha value is -2.39. The molecule has 1 atom stereocenters. The Kier molecular flexibility index (Phi) is 4.90. The van der Waals surface area contributed by atoms with Crippen LogP contribution in [-0.4, -0.2) is 22.8 Å². The smallest absolute Gasteiger partial charge is 0.333 e. The maximum atomic E-state index is 11.6. The van der Waals surface area contributed by atoms with Gasteiger partial charge >= 0.3 is 5.97 Å². The third-order valence-corrected chi connectivity index (χ3v) is 5.34. The molecule has 2 aromatic carbocycles. The van der Waals surface area contributed by atoms with Crippen LogP contribution in [0, 0.1) is 0 Å². The Morgan fingerprint density at radius 1 is 0.952 bits per heavy atom. The lowest BCUT2D eigenvalue weighted by Crippen LogP contribution is -2.32. The summed E-state index contributed by atoms with van der Waals surface area (Å²) in [7, 11) is -1.23. The molecule has 0 aliphatic carbocycles. The minimum absolute atomic E-state index is 0.221. The van der Waals surface area contributed by atoms with Crippen LogP contribution in [-0.2, 0) is 4.79 Å². The van der Waals surface area contributed by atoms with Crippen LogP contribution in [0.4, 0.5) is 0 Å². The molecule has 0 aliphatic heterocycles. The highest BCUT2D eigenvalue weighted by Crippen LogP contribution is 2.40. The Labute approximate surface area is 124 Å². The number of nitrogens with two attached hydrogens (primary N) is 2. The first-order valence-electron chi connectivity index (χ1n) is 6.30. The number of aliphatic carboxylic acids is 1. The van der Waals surface area contributed by atoms with E-state index in [9.17, 15) is 9.90 Å². The van der Waals surface area contributed by atoms with Crippen molar-refractivity contribution in [2.24, 2.45) is 16.5 Å². The van der Waals surface area contributed by atoms with Crippen molar-refractivity contribution in [1.82, 2.24) is 0 Å². The van der Waals surface area contributed by atoms with Crippen LogP contribution < -0.4 is 22.1 Å². The van der Waals surface area contributed by atoms with Crippen molar-refractivity contribution in [3.8, 4) is 0 Å². The van der Waals surface area contributed by atoms with E-state index < -0.39 is 19.7 Å². The molecule has 0 aliphatic rings. The standard InChI is InChI=1S/C15H16N3O2P/c16-15(17)18-13(14(19)20)21(11-7-3-1-4-8-11)12-9-5-2-6-10-12/h1-10,13H,(H,19,20)(H4,16,17,18). The fourth-order valence-corrected chi connectivity index (χ4v) is 4.29. The number of rotatable bonds is 5. The first kappa shape index (κ1) is 15.0. The van der Waals surface area contributed by atoms with Gasteiger partial charge in [-0.05, 0) is 18.5 Å². The average Bonchev–Trinajstić information content (AvgIpc) is 2.48. The van der Waals surface area contributed by atoms with E-state index >= 15 is 0 Å². The van der Waals surface area contributed by atoms with E-state index in [2.05, 4.69) is 4.99 Å². The highest BCUT2D eigenvalue weighted by Gasteiger charge is 2.30. The van der Waals surface area contributed by atoms with Crippen LogP contribution in [0.2, 0.25) is 0 Å². The zero-order chi connectivity index (χ0) is 15.2. The number of carbonyl (C=O) groups is 1. The molecule has 0 radical (unpaired) electrons. The number of carboxylic acid groups (broad SMARTS) is 1. The predicted molar refractivity (Wildman–Crippen MR) is 86.3 cm³/mol. The maximum Gasteiger partial charge on any atom is 0.333 e. The van der Waals surface area contributed by atoms with Gasteiger partial charge in [0.1, 0.15) is 0 Å². The molecule has 5 N–H and O–H groups in total. The van der Waals surface area contributed by atoms with Gasteiger partial charge in [0.15, 0.2) is 11.7 Å². The van der Waals surface area contributed by atoms with Crippen LogP contribution >= 0.6 is 7.92 Å². The molecule has 21 heavy (non-hydrogen) atoms. The lowest BCUT2D eigenvalue weighted by Gasteiger charge is -2.22. The van der Waals surface area contributed by atoms with Crippen molar-refractivity contribution in [3.05, 3.63) is 60.7 Å². The molecule has 2 rings (SSSR count). The quantitative estimate of drug-likeness (QED) is 0.432. The summed E-state index contributed by atoms with van der Waals surface area (Å²) >= 11 is 0. The number of hydrogen-bond acceptors (Lipinski definition) is 2. The fraction of sp³-hybridized carbons (Fsp3) is 0.0667. The molecule has 108 valence electrons. The van der Waals surface area contributed by atoms with Crippen LogP contribution in [0.5, 0.6) is 0 Å². The number of benzene rings is 2. The molecule has 0 fully saturated rings. The fourth-order valence-electron chi connectivity index (χ4n) is 1.97. The molecule has 0 saturated heterocycles. The molecule has 0 saturated carbocycles.